The molecule has 1 spiro atoms. The molecule has 216 valence electrons. The SMILES string of the molecule is Cc1cccc(Nc2cc3c(cc2C)Oc2cc(N(CCC(C)C)CC(C)C)ccc2C32OC(=O)c3ccccc32)c1. The molecule has 0 amide bonds. The van der Waals surface area contributed by atoms with E-state index in [1.54, 1.807) is 0 Å². The molecule has 1 unspecified atom stereocenters. The van der Waals surface area contributed by atoms with E-state index in [1.807, 2.05) is 30.3 Å². The van der Waals surface area contributed by atoms with E-state index in [-0.39, 0.29) is 5.97 Å². The molecule has 0 aliphatic carbocycles. The number of benzene rings is 4. The van der Waals surface area contributed by atoms with Crippen LogP contribution in [0.15, 0.2) is 78.9 Å². The quantitative estimate of drug-likeness (QED) is 0.218. The number of nitrogens with zero attached hydrogens (tertiary/aromatic N) is 1. The van der Waals surface area contributed by atoms with Crippen LogP contribution in [0.4, 0.5) is 17.1 Å². The van der Waals surface area contributed by atoms with Crippen molar-refractivity contribution >= 4 is 23.0 Å². The number of aryl methyl sites for hydroxylation is 2. The van der Waals surface area contributed by atoms with Crippen LogP contribution in [0, 0.1) is 25.7 Å². The number of nitrogens with one attached hydrogen (secondary N) is 1. The van der Waals surface area contributed by atoms with Crippen molar-refractivity contribution in [1.29, 1.82) is 0 Å². The van der Waals surface area contributed by atoms with Gasteiger partial charge in [-0.25, -0.2) is 4.79 Å². The van der Waals surface area contributed by atoms with Gasteiger partial charge in [-0.15, -0.1) is 0 Å². The van der Waals surface area contributed by atoms with Crippen LogP contribution in [0.5, 0.6) is 11.5 Å². The Morgan fingerprint density at radius 1 is 0.810 bits per heavy atom. The zero-order valence-corrected chi connectivity index (χ0v) is 25.5. The fraction of sp³-hybridized carbons (Fsp3) is 0.324. The fourth-order valence-electron chi connectivity index (χ4n) is 6.20. The molecule has 0 saturated heterocycles. The summed E-state index contributed by atoms with van der Waals surface area (Å²) in [4.78, 5) is 15.8. The van der Waals surface area contributed by atoms with Crippen molar-refractivity contribution in [2.75, 3.05) is 23.3 Å². The third-order valence-electron chi connectivity index (χ3n) is 8.27. The van der Waals surface area contributed by atoms with Gasteiger partial charge in [0.1, 0.15) is 11.5 Å². The summed E-state index contributed by atoms with van der Waals surface area (Å²) in [6, 6.07) is 26.6. The Balaban J connectivity index is 1.51. The Labute approximate surface area is 249 Å². The summed E-state index contributed by atoms with van der Waals surface area (Å²) in [6.45, 7) is 15.1. The molecule has 4 aromatic carbocycles. The van der Waals surface area contributed by atoms with Gasteiger partial charge in [0, 0.05) is 52.9 Å². The Bertz CT molecular complexity index is 1660. The Hall–Kier alpha value is -4.25. The van der Waals surface area contributed by atoms with E-state index in [1.165, 1.54) is 5.56 Å². The van der Waals surface area contributed by atoms with Crippen LogP contribution in [-0.4, -0.2) is 19.1 Å². The van der Waals surface area contributed by atoms with Gasteiger partial charge in [-0.1, -0.05) is 58.0 Å². The fourth-order valence-corrected chi connectivity index (χ4v) is 6.20. The monoisotopic (exact) mass is 560 g/mol. The number of carbonyl (C=O) groups is 1. The molecular formula is C37H40N2O3. The molecule has 0 aromatic heterocycles. The Kier molecular flexibility index (Phi) is 7.22. The molecule has 0 bridgehead atoms. The highest BCUT2D eigenvalue weighted by atomic mass is 16.6. The molecule has 0 radical (unpaired) electrons. The van der Waals surface area contributed by atoms with Crippen molar-refractivity contribution < 1.29 is 14.3 Å². The van der Waals surface area contributed by atoms with Crippen LogP contribution in [0.25, 0.3) is 0 Å². The maximum absolute atomic E-state index is 13.4. The largest absolute Gasteiger partial charge is 0.456 e. The first-order chi connectivity index (χ1) is 20.2. The molecule has 42 heavy (non-hydrogen) atoms. The second-order valence-electron chi connectivity index (χ2n) is 12.6. The number of ether oxygens (including phenoxy) is 2. The lowest BCUT2D eigenvalue weighted by Crippen LogP contribution is -2.34. The number of hydrogen-bond acceptors (Lipinski definition) is 5. The zero-order valence-electron chi connectivity index (χ0n) is 25.5. The second-order valence-corrected chi connectivity index (χ2v) is 12.6. The minimum Gasteiger partial charge on any atom is -0.456 e. The first kappa shape index (κ1) is 27.9. The smallest absolute Gasteiger partial charge is 0.340 e. The minimum absolute atomic E-state index is 0.319. The van der Waals surface area contributed by atoms with Gasteiger partial charge in [0.15, 0.2) is 5.60 Å². The van der Waals surface area contributed by atoms with Crippen LogP contribution in [0.3, 0.4) is 0 Å². The third-order valence-corrected chi connectivity index (χ3v) is 8.27. The highest BCUT2D eigenvalue weighted by Gasteiger charge is 2.53. The predicted molar refractivity (Wildman–Crippen MR) is 170 cm³/mol. The van der Waals surface area contributed by atoms with E-state index in [9.17, 15) is 4.79 Å². The summed E-state index contributed by atoms with van der Waals surface area (Å²) in [7, 11) is 0. The summed E-state index contributed by atoms with van der Waals surface area (Å²) in [5.41, 5.74) is 7.28. The van der Waals surface area contributed by atoms with Gasteiger partial charge in [-0.3, -0.25) is 0 Å². The van der Waals surface area contributed by atoms with Crippen molar-refractivity contribution in [3.63, 3.8) is 0 Å². The highest BCUT2D eigenvalue weighted by Crippen LogP contribution is 2.57. The average Bonchev–Trinajstić information content (AvgIpc) is 3.24. The molecule has 5 heteroatoms. The number of hydrogen-bond donors (Lipinski definition) is 1. The number of anilines is 3. The molecular weight excluding hydrogens is 520 g/mol. The van der Waals surface area contributed by atoms with Crippen molar-refractivity contribution in [3.05, 3.63) is 112 Å². The lowest BCUT2D eigenvalue weighted by molar-refractivity contribution is 0.0224. The summed E-state index contributed by atoms with van der Waals surface area (Å²) >= 11 is 0. The molecule has 4 aromatic rings. The molecule has 2 aliphatic heterocycles. The van der Waals surface area contributed by atoms with Gasteiger partial charge in [-0.05, 0) is 85.7 Å². The van der Waals surface area contributed by atoms with E-state index in [4.69, 9.17) is 9.47 Å². The molecule has 2 heterocycles. The lowest BCUT2D eigenvalue weighted by Gasteiger charge is -2.38. The minimum atomic E-state index is -1.10. The first-order valence-corrected chi connectivity index (χ1v) is 15.0. The van der Waals surface area contributed by atoms with Gasteiger partial charge in [0.2, 0.25) is 0 Å². The third kappa shape index (κ3) is 4.91. The second kappa shape index (κ2) is 10.9. The van der Waals surface area contributed by atoms with Crippen molar-refractivity contribution in [2.24, 2.45) is 11.8 Å². The molecule has 5 nitrogen and oxygen atoms in total. The maximum Gasteiger partial charge on any atom is 0.340 e. The van der Waals surface area contributed by atoms with Gasteiger partial charge >= 0.3 is 5.97 Å². The number of esters is 1. The van der Waals surface area contributed by atoms with Gasteiger partial charge < -0.3 is 19.7 Å². The Morgan fingerprint density at radius 2 is 1.60 bits per heavy atom. The van der Waals surface area contributed by atoms with Gasteiger partial charge in [-0.2, -0.15) is 0 Å². The van der Waals surface area contributed by atoms with Crippen LogP contribution in [0.2, 0.25) is 0 Å². The maximum atomic E-state index is 13.4. The Morgan fingerprint density at radius 3 is 2.36 bits per heavy atom. The molecule has 1 N–H and O–H groups in total. The summed E-state index contributed by atoms with van der Waals surface area (Å²) in [5, 5.41) is 3.59. The van der Waals surface area contributed by atoms with E-state index < -0.39 is 5.60 Å². The average molecular weight is 561 g/mol. The van der Waals surface area contributed by atoms with Gasteiger partial charge in [0.25, 0.3) is 0 Å². The van der Waals surface area contributed by atoms with Crippen LogP contribution in [0.1, 0.15) is 72.3 Å². The van der Waals surface area contributed by atoms with Crippen molar-refractivity contribution in [2.45, 2.75) is 53.6 Å². The molecule has 1 atom stereocenters. The summed E-state index contributed by atoms with van der Waals surface area (Å²) in [6.07, 6.45) is 1.11. The van der Waals surface area contributed by atoms with Crippen LogP contribution >= 0.6 is 0 Å². The topological polar surface area (TPSA) is 50.8 Å². The zero-order chi connectivity index (χ0) is 29.6. The molecule has 2 aliphatic rings. The summed E-state index contributed by atoms with van der Waals surface area (Å²) < 4.78 is 13.2. The first-order valence-electron chi connectivity index (χ1n) is 15.0. The van der Waals surface area contributed by atoms with E-state index in [0.717, 1.165) is 64.6 Å². The standard InChI is InChI=1S/C37H40N2O3/c1-23(2)16-17-39(22-24(3)4)28-14-15-31-35(20-28)41-34-19-26(6)33(38-27-11-9-10-25(5)18-27)21-32(34)37(31)30-13-8-7-12-29(30)36(40)42-37/h7-15,18-21,23-24,38H,16-17,22H2,1-6H3. The summed E-state index contributed by atoms with van der Waals surface area (Å²) in [5.74, 6) is 2.24. The highest BCUT2D eigenvalue weighted by molar-refractivity contribution is 5.97. The molecule has 0 saturated carbocycles. The predicted octanol–water partition coefficient (Wildman–Crippen LogP) is 9.12. The van der Waals surface area contributed by atoms with Crippen LogP contribution in [-0.2, 0) is 10.3 Å². The van der Waals surface area contributed by atoms with E-state index in [0.29, 0.717) is 23.1 Å². The number of rotatable bonds is 8. The van der Waals surface area contributed by atoms with Crippen molar-refractivity contribution in [1.82, 2.24) is 0 Å². The van der Waals surface area contributed by atoms with Gasteiger partial charge in [0.05, 0.1) is 5.56 Å². The lowest BCUT2D eigenvalue weighted by atomic mass is 9.77. The molecule has 0 fully saturated rings. The molecule has 6 rings (SSSR count). The van der Waals surface area contributed by atoms with E-state index >= 15 is 0 Å². The van der Waals surface area contributed by atoms with E-state index in [2.05, 4.69) is 100 Å². The van der Waals surface area contributed by atoms with Crippen molar-refractivity contribution in [3.8, 4) is 11.5 Å². The van der Waals surface area contributed by atoms with Crippen LogP contribution < -0.4 is 15.0 Å². The number of carbonyl (C=O) groups excluding carboxylic acids is 1. The normalized spacial score (nSPS) is 16.6. The number of fused-ring (bicyclic) bond motifs is 6.